The molecule has 0 aromatic carbocycles. The molecule has 1 heterocycles. The number of aliphatic hydroxyl groups excluding tert-OH is 1. The van der Waals surface area contributed by atoms with Gasteiger partial charge in [-0.25, -0.2) is 0 Å². The zero-order valence-electron chi connectivity index (χ0n) is 8.34. The lowest BCUT2D eigenvalue weighted by Crippen LogP contribution is -2.45. The quantitative estimate of drug-likeness (QED) is 0.648. The molecule has 0 amide bonds. The van der Waals surface area contributed by atoms with Crippen LogP contribution in [-0.4, -0.2) is 23.8 Å². The van der Waals surface area contributed by atoms with Crippen LogP contribution in [0.2, 0.25) is 0 Å². The van der Waals surface area contributed by atoms with Crippen molar-refractivity contribution >= 4 is 0 Å². The van der Waals surface area contributed by atoms with Crippen LogP contribution in [-0.2, 0) is 0 Å². The van der Waals surface area contributed by atoms with Crippen LogP contribution in [0.4, 0.5) is 0 Å². The number of hydrogen-bond donors (Lipinski definition) is 2. The third-order valence-corrected chi connectivity index (χ3v) is 3.65. The van der Waals surface area contributed by atoms with E-state index in [9.17, 15) is 5.11 Å². The highest BCUT2D eigenvalue weighted by Gasteiger charge is 2.30. The van der Waals surface area contributed by atoms with Gasteiger partial charge in [-0.15, -0.1) is 0 Å². The van der Waals surface area contributed by atoms with Crippen molar-refractivity contribution in [3.05, 3.63) is 0 Å². The molecule has 1 aliphatic heterocycles. The first-order chi connectivity index (χ1) is 6.38. The van der Waals surface area contributed by atoms with E-state index >= 15 is 0 Å². The summed E-state index contributed by atoms with van der Waals surface area (Å²) in [6.07, 6.45) is 8.73. The molecule has 1 saturated carbocycles. The van der Waals surface area contributed by atoms with Crippen molar-refractivity contribution in [3.63, 3.8) is 0 Å². The van der Waals surface area contributed by atoms with E-state index in [0.717, 1.165) is 13.0 Å². The molecule has 0 aromatic rings. The molecule has 2 nitrogen and oxygen atoms in total. The van der Waals surface area contributed by atoms with Gasteiger partial charge in [-0.05, 0) is 32.2 Å². The van der Waals surface area contributed by atoms with Gasteiger partial charge in [-0.2, -0.15) is 0 Å². The Morgan fingerprint density at radius 2 is 1.69 bits per heavy atom. The van der Waals surface area contributed by atoms with Crippen molar-refractivity contribution in [2.24, 2.45) is 5.92 Å². The molecule has 2 N–H and O–H groups in total. The van der Waals surface area contributed by atoms with E-state index in [1.165, 1.54) is 38.5 Å². The van der Waals surface area contributed by atoms with E-state index in [0.29, 0.717) is 12.0 Å². The van der Waals surface area contributed by atoms with Crippen LogP contribution in [0.1, 0.15) is 44.9 Å². The molecule has 0 radical (unpaired) electrons. The summed E-state index contributed by atoms with van der Waals surface area (Å²) in [7, 11) is 0. The number of hydrogen-bond acceptors (Lipinski definition) is 2. The fourth-order valence-electron chi connectivity index (χ4n) is 2.85. The number of aliphatic hydroxyl groups is 1. The second-order valence-electron chi connectivity index (χ2n) is 4.57. The highest BCUT2D eigenvalue weighted by Crippen LogP contribution is 2.30. The minimum Gasteiger partial charge on any atom is -0.393 e. The van der Waals surface area contributed by atoms with Gasteiger partial charge in [0.1, 0.15) is 0 Å². The van der Waals surface area contributed by atoms with E-state index in [1.807, 2.05) is 0 Å². The number of rotatable bonds is 1. The van der Waals surface area contributed by atoms with Crippen molar-refractivity contribution in [2.45, 2.75) is 57.1 Å². The molecule has 76 valence electrons. The van der Waals surface area contributed by atoms with E-state index in [1.54, 1.807) is 0 Å². The molecule has 2 aliphatic rings. The Kier molecular flexibility index (Phi) is 3.23. The van der Waals surface area contributed by atoms with Gasteiger partial charge in [0.25, 0.3) is 0 Å². The van der Waals surface area contributed by atoms with Crippen LogP contribution in [0.15, 0.2) is 0 Å². The normalized spacial score (nSPS) is 41.8. The molecule has 1 saturated heterocycles. The SMILES string of the molecule is O[C@H]1CCCC[C@@H]1[C@@H]1CCCCN1. The Morgan fingerprint density at radius 1 is 0.923 bits per heavy atom. The molecule has 2 heteroatoms. The zero-order chi connectivity index (χ0) is 9.10. The summed E-state index contributed by atoms with van der Waals surface area (Å²) < 4.78 is 0. The molecule has 3 atom stereocenters. The predicted octanol–water partition coefficient (Wildman–Crippen LogP) is 1.68. The summed E-state index contributed by atoms with van der Waals surface area (Å²) in [4.78, 5) is 0. The second-order valence-corrected chi connectivity index (χ2v) is 4.57. The Balaban J connectivity index is 1.88. The van der Waals surface area contributed by atoms with Crippen molar-refractivity contribution in [3.8, 4) is 0 Å². The van der Waals surface area contributed by atoms with Gasteiger partial charge in [0.15, 0.2) is 0 Å². The average Bonchev–Trinajstić information content (AvgIpc) is 2.20. The number of nitrogens with one attached hydrogen (secondary N) is 1. The van der Waals surface area contributed by atoms with Gasteiger partial charge in [0.2, 0.25) is 0 Å². The largest absolute Gasteiger partial charge is 0.393 e. The molecule has 0 aromatic heterocycles. The van der Waals surface area contributed by atoms with Gasteiger partial charge in [0.05, 0.1) is 6.10 Å². The second kappa shape index (κ2) is 4.43. The lowest BCUT2D eigenvalue weighted by Gasteiger charge is -2.37. The maximum atomic E-state index is 9.88. The van der Waals surface area contributed by atoms with Crippen molar-refractivity contribution in [1.82, 2.24) is 5.32 Å². The van der Waals surface area contributed by atoms with E-state index in [-0.39, 0.29) is 6.10 Å². The minimum absolute atomic E-state index is 0.0238. The Hall–Kier alpha value is -0.0800. The maximum absolute atomic E-state index is 9.88. The van der Waals surface area contributed by atoms with Gasteiger partial charge in [-0.3, -0.25) is 0 Å². The summed E-state index contributed by atoms with van der Waals surface area (Å²) in [6, 6.07) is 0.615. The molecule has 0 bridgehead atoms. The highest BCUT2D eigenvalue weighted by molar-refractivity contribution is 4.86. The summed E-state index contributed by atoms with van der Waals surface area (Å²) in [5.41, 5.74) is 0. The van der Waals surface area contributed by atoms with Gasteiger partial charge < -0.3 is 10.4 Å². The van der Waals surface area contributed by atoms with E-state index < -0.39 is 0 Å². The van der Waals surface area contributed by atoms with E-state index in [2.05, 4.69) is 5.32 Å². The first kappa shape index (κ1) is 9.47. The summed E-state index contributed by atoms with van der Waals surface area (Å²) >= 11 is 0. The van der Waals surface area contributed by atoms with Crippen LogP contribution in [0, 0.1) is 5.92 Å². The maximum Gasteiger partial charge on any atom is 0.0583 e. The predicted molar refractivity (Wildman–Crippen MR) is 53.6 cm³/mol. The molecule has 13 heavy (non-hydrogen) atoms. The fraction of sp³-hybridized carbons (Fsp3) is 1.00. The standard InChI is InChI=1S/C11H21NO/c13-11-7-2-1-5-9(11)10-6-3-4-8-12-10/h9-13H,1-8H2/t9-,10+,11+/m1/s1. The topological polar surface area (TPSA) is 32.3 Å². The third-order valence-electron chi connectivity index (χ3n) is 3.65. The lowest BCUT2D eigenvalue weighted by molar-refractivity contribution is 0.0422. The van der Waals surface area contributed by atoms with Crippen LogP contribution >= 0.6 is 0 Å². The first-order valence-corrected chi connectivity index (χ1v) is 5.79. The van der Waals surface area contributed by atoms with Crippen molar-refractivity contribution < 1.29 is 5.11 Å². The van der Waals surface area contributed by atoms with Crippen LogP contribution in [0.5, 0.6) is 0 Å². The first-order valence-electron chi connectivity index (χ1n) is 5.79. The minimum atomic E-state index is -0.0238. The fourth-order valence-corrected chi connectivity index (χ4v) is 2.85. The Bertz CT molecular complexity index is 154. The lowest BCUT2D eigenvalue weighted by atomic mass is 9.79. The molecular weight excluding hydrogens is 162 g/mol. The molecule has 2 rings (SSSR count). The molecule has 0 unspecified atom stereocenters. The zero-order valence-corrected chi connectivity index (χ0v) is 8.34. The van der Waals surface area contributed by atoms with Crippen LogP contribution in [0.3, 0.4) is 0 Å². The van der Waals surface area contributed by atoms with E-state index in [4.69, 9.17) is 0 Å². The van der Waals surface area contributed by atoms with Crippen LogP contribution in [0.25, 0.3) is 0 Å². The average molecular weight is 183 g/mol. The van der Waals surface area contributed by atoms with Gasteiger partial charge >= 0.3 is 0 Å². The van der Waals surface area contributed by atoms with Crippen LogP contribution < -0.4 is 5.32 Å². The van der Waals surface area contributed by atoms with Gasteiger partial charge in [-0.1, -0.05) is 19.3 Å². The Morgan fingerprint density at radius 3 is 2.38 bits per heavy atom. The van der Waals surface area contributed by atoms with Gasteiger partial charge in [0, 0.05) is 12.0 Å². The smallest absolute Gasteiger partial charge is 0.0583 e. The highest BCUT2D eigenvalue weighted by atomic mass is 16.3. The molecule has 0 spiro atoms. The van der Waals surface area contributed by atoms with Crippen molar-refractivity contribution in [2.75, 3.05) is 6.54 Å². The van der Waals surface area contributed by atoms with Crippen molar-refractivity contribution in [1.29, 1.82) is 0 Å². The molecule has 2 fully saturated rings. The summed E-state index contributed by atoms with van der Waals surface area (Å²) in [6.45, 7) is 1.16. The summed E-state index contributed by atoms with van der Waals surface area (Å²) in [5, 5.41) is 13.4. The Labute approximate surface area is 80.7 Å². The summed E-state index contributed by atoms with van der Waals surface area (Å²) in [5.74, 6) is 0.550. The number of piperidine rings is 1. The molecular formula is C11H21NO. The monoisotopic (exact) mass is 183 g/mol. The molecule has 1 aliphatic carbocycles. The third kappa shape index (κ3) is 2.23.